The molecule has 0 atom stereocenters. The lowest BCUT2D eigenvalue weighted by Crippen LogP contribution is -2.42. The number of nitrogens with one attached hydrogen (secondary N) is 2. The number of rotatable bonds is 0. The maximum atomic E-state index is 6.20. The molecule has 1 aromatic carbocycles. The number of halogens is 2. The lowest BCUT2D eigenvalue weighted by Gasteiger charge is -2.14. The molecule has 2 N–H and O–H groups in total. The van der Waals surface area contributed by atoms with E-state index in [1.54, 1.807) is 12.5 Å². The van der Waals surface area contributed by atoms with Gasteiger partial charge < -0.3 is 15.4 Å². The number of ether oxygens (including phenoxy) is 1. The van der Waals surface area contributed by atoms with Gasteiger partial charge in [0.2, 0.25) is 0 Å². The highest BCUT2D eigenvalue weighted by Gasteiger charge is 2.15. The van der Waals surface area contributed by atoms with Gasteiger partial charge in [-0.15, -0.1) is 0 Å². The quantitative estimate of drug-likeness (QED) is 0.745. The lowest BCUT2D eigenvalue weighted by molar-refractivity contribution is 0.475. The van der Waals surface area contributed by atoms with Gasteiger partial charge in [0.1, 0.15) is 24.5 Å². The fourth-order valence-corrected chi connectivity index (χ4v) is 2.31. The summed E-state index contributed by atoms with van der Waals surface area (Å²) in [5, 5.41) is 8.44. The zero-order valence-corrected chi connectivity index (χ0v) is 10.4. The molecular weight excluding hydrogens is 293 g/mol. The van der Waals surface area contributed by atoms with Crippen molar-refractivity contribution in [3.63, 3.8) is 0 Å². The van der Waals surface area contributed by atoms with Crippen molar-refractivity contribution in [1.82, 2.24) is 10.6 Å². The molecule has 0 unspecified atom stereocenters. The zero-order valence-electron chi connectivity index (χ0n) is 8.05. The number of benzene rings is 1. The molecule has 1 aromatic rings. The monoisotopic (exact) mass is 299 g/mol. The number of hydrogen-bond acceptors (Lipinski definition) is 4. The fourth-order valence-electron chi connectivity index (χ4n) is 1.71. The van der Waals surface area contributed by atoms with E-state index in [9.17, 15) is 0 Å². The van der Waals surface area contributed by atoms with E-state index in [0.29, 0.717) is 11.7 Å². The van der Waals surface area contributed by atoms with E-state index >= 15 is 0 Å². The van der Waals surface area contributed by atoms with Gasteiger partial charge in [0.25, 0.3) is 0 Å². The van der Waals surface area contributed by atoms with Gasteiger partial charge in [0.05, 0.1) is 15.6 Å². The van der Waals surface area contributed by atoms with Crippen LogP contribution in [0.2, 0.25) is 5.02 Å². The molecule has 0 spiro atoms. The smallest absolute Gasteiger partial charge is 0.140 e. The second-order valence-corrected chi connectivity index (χ2v) is 4.56. The van der Waals surface area contributed by atoms with Gasteiger partial charge in [0.15, 0.2) is 0 Å². The van der Waals surface area contributed by atoms with Crippen LogP contribution in [0.3, 0.4) is 0 Å². The SMILES string of the molecule is Clc1c(Br)cc2c3c1=NCNC=3NC=CO2. The molecule has 0 saturated heterocycles. The first kappa shape index (κ1) is 9.99. The molecule has 0 aromatic heterocycles. The van der Waals surface area contributed by atoms with Crippen molar-refractivity contribution in [2.75, 3.05) is 6.67 Å². The summed E-state index contributed by atoms with van der Waals surface area (Å²) < 4.78 is 6.26. The van der Waals surface area contributed by atoms with Crippen LogP contribution in [-0.2, 0) is 0 Å². The summed E-state index contributed by atoms with van der Waals surface area (Å²) in [6.45, 7) is 0.499. The Morgan fingerprint density at radius 3 is 3.25 bits per heavy atom. The Labute approximate surface area is 105 Å². The van der Waals surface area contributed by atoms with Crippen molar-refractivity contribution in [1.29, 1.82) is 0 Å². The Morgan fingerprint density at radius 1 is 1.50 bits per heavy atom. The minimum Gasteiger partial charge on any atom is -0.463 e. The van der Waals surface area contributed by atoms with Crippen molar-refractivity contribution in [3.8, 4) is 5.75 Å². The predicted molar refractivity (Wildman–Crippen MR) is 64.2 cm³/mol. The Bertz CT molecular complexity index is 611. The van der Waals surface area contributed by atoms with Gasteiger partial charge in [-0.05, 0) is 22.0 Å². The van der Waals surface area contributed by atoms with Gasteiger partial charge in [0, 0.05) is 10.7 Å². The molecule has 0 amide bonds. The third-order valence-corrected chi connectivity index (χ3v) is 3.63. The van der Waals surface area contributed by atoms with E-state index in [1.165, 1.54) is 0 Å². The summed E-state index contributed by atoms with van der Waals surface area (Å²) in [5.74, 6) is 1.58. The van der Waals surface area contributed by atoms with E-state index in [-0.39, 0.29) is 0 Å². The lowest BCUT2D eigenvalue weighted by atomic mass is 10.2. The van der Waals surface area contributed by atoms with Crippen LogP contribution in [0.25, 0.3) is 5.82 Å². The Hall–Kier alpha value is -1.20. The summed E-state index contributed by atoms with van der Waals surface area (Å²) in [7, 11) is 0. The molecule has 0 aliphatic carbocycles. The van der Waals surface area contributed by atoms with Crippen LogP contribution in [-0.4, -0.2) is 6.67 Å². The number of hydrogen-bond donors (Lipinski definition) is 2. The average molecular weight is 301 g/mol. The highest BCUT2D eigenvalue weighted by Crippen LogP contribution is 2.22. The first-order valence-corrected chi connectivity index (χ1v) is 5.83. The third-order valence-electron chi connectivity index (χ3n) is 2.39. The molecule has 2 aliphatic heterocycles. The Balaban J connectivity index is 2.50. The first-order chi connectivity index (χ1) is 7.77. The van der Waals surface area contributed by atoms with Crippen molar-refractivity contribution >= 4 is 33.4 Å². The summed E-state index contributed by atoms with van der Waals surface area (Å²) in [6, 6.07) is 1.83. The predicted octanol–water partition coefficient (Wildman–Crippen LogP) is 0.802. The molecule has 2 aliphatic rings. The molecule has 4 nitrogen and oxygen atoms in total. The summed E-state index contributed by atoms with van der Waals surface area (Å²) in [4.78, 5) is 4.35. The molecule has 2 heterocycles. The molecule has 0 bridgehead atoms. The van der Waals surface area contributed by atoms with Crippen molar-refractivity contribution < 1.29 is 4.74 Å². The normalized spacial score (nSPS) is 16.2. The van der Waals surface area contributed by atoms with Crippen LogP contribution in [0.4, 0.5) is 0 Å². The van der Waals surface area contributed by atoms with Crippen LogP contribution < -0.4 is 25.9 Å². The second kappa shape index (κ2) is 3.68. The van der Waals surface area contributed by atoms with Crippen molar-refractivity contribution in [2.24, 2.45) is 4.99 Å². The van der Waals surface area contributed by atoms with Gasteiger partial charge in [-0.3, -0.25) is 4.99 Å². The molecule has 3 rings (SSSR count). The van der Waals surface area contributed by atoms with Gasteiger partial charge in [-0.2, -0.15) is 0 Å². The van der Waals surface area contributed by atoms with Crippen LogP contribution in [0, 0.1) is 0 Å². The standard InChI is InChI=1S/C10H7BrClN3O/c11-5-3-6-7-9(8(5)12)14-4-15-10(7)13-1-2-16-6/h1-3,13,15H,4H2. The molecule has 6 heteroatoms. The Kier molecular flexibility index (Phi) is 2.29. The molecular formula is C10H7BrClN3O. The highest BCUT2D eigenvalue weighted by molar-refractivity contribution is 9.10. The number of nitrogens with zero attached hydrogens (tertiary/aromatic N) is 1. The zero-order chi connectivity index (χ0) is 11.1. The first-order valence-electron chi connectivity index (χ1n) is 4.66. The summed E-state index contributed by atoms with van der Waals surface area (Å²) >= 11 is 9.59. The minimum absolute atomic E-state index is 0.499. The van der Waals surface area contributed by atoms with Gasteiger partial charge in [-0.25, -0.2) is 0 Å². The molecule has 0 radical (unpaired) electrons. The summed E-state index contributed by atoms with van der Waals surface area (Å²) in [6.07, 6.45) is 3.31. The van der Waals surface area contributed by atoms with Gasteiger partial charge in [-0.1, -0.05) is 11.6 Å². The van der Waals surface area contributed by atoms with Crippen molar-refractivity contribution in [3.05, 3.63) is 38.6 Å². The molecule has 82 valence electrons. The van der Waals surface area contributed by atoms with Crippen LogP contribution >= 0.6 is 27.5 Å². The summed E-state index contributed by atoms with van der Waals surface area (Å²) in [5.41, 5.74) is 0. The third kappa shape index (κ3) is 1.39. The van der Waals surface area contributed by atoms with Gasteiger partial charge >= 0.3 is 0 Å². The second-order valence-electron chi connectivity index (χ2n) is 3.33. The molecule has 0 saturated carbocycles. The minimum atomic E-state index is 0.499. The molecule has 0 fully saturated rings. The fraction of sp³-hybridized carbons (Fsp3) is 0.100. The Morgan fingerprint density at radius 2 is 2.38 bits per heavy atom. The van der Waals surface area contributed by atoms with E-state index < -0.39 is 0 Å². The maximum Gasteiger partial charge on any atom is 0.140 e. The van der Waals surface area contributed by atoms with Crippen LogP contribution in [0.5, 0.6) is 5.75 Å². The average Bonchev–Trinajstić information content (AvgIpc) is 2.49. The maximum absolute atomic E-state index is 6.20. The van der Waals surface area contributed by atoms with E-state index in [1.807, 2.05) is 6.07 Å². The largest absolute Gasteiger partial charge is 0.463 e. The highest BCUT2D eigenvalue weighted by atomic mass is 79.9. The van der Waals surface area contributed by atoms with Crippen LogP contribution in [0.1, 0.15) is 0 Å². The van der Waals surface area contributed by atoms with Crippen LogP contribution in [0.15, 0.2) is 28.0 Å². The van der Waals surface area contributed by atoms with E-state index in [2.05, 4.69) is 31.6 Å². The topological polar surface area (TPSA) is 45.7 Å². The molecule has 16 heavy (non-hydrogen) atoms. The van der Waals surface area contributed by atoms with E-state index in [0.717, 1.165) is 26.6 Å². The van der Waals surface area contributed by atoms with E-state index in [4.69, 9.17) is 16.3 Å². The van der Waals surface area contributed by atoms with Crippen molar-refractivity contribution in [2.45, 2.75) is 0 Å².